The Labute approximate surface area is 323 Å². The largest absolute Gasteiger partial charge is 0.293 e. The standard InChI is InChI=1S/C50H36N6/c1-29-11-21-53-45(23-29)55-43-9-5-33(31-13-17-51-18-14-31)25-39(43)41-27-35-4-8-38-48-36(3-7-37(47(35)48)49(41)55)28-42-40-26-34(32-15-19-52-20-16-32)6-10-44(40)56(50(38)42)46-24-30(2)12-22-54-46/h5-6,9-28H,3-4,7-8H2,1-2H3. The van der Waals surface area contributed by atoms with Crippen LogP contribution in [0.4, 0.5) is 0 Å². The zero-order valence-electron chi connectivity index (χ0n) is 31.2. The van der Waals surface area contributed by atoms with Crippen LogP contribution < -0.4 is 0 Å². The van der Waals surface area contributed by atoms with Gasteiger partial charge in [0.2, 0.25) is 0 Å². The minimum Gasteiger partial charge on any atom is -0.293 e. The van der Waals surface area contributed by atoms with Crippen molar-refractivity contribution in [3.05, 3.63) is 168 Å². The summed E-state index contributed by atoms with van der Waals surface area (Å²) in [4.78, 5) is 18.6. The van der Waals surface area contributed by atoms with Crippen LogP contribution in [0.2, 0.25) is 0 Å². The first-order valence-electron chi connectivity index (χ1n) is 19.5. The number of hydrogen-bond acceptors (Lipinski definition) is 4. The third-order valence-corrected chi connectivity index (χ3v) is 12.3. The van der Waals surface area contributed by atoms with Gasteiger partial charge in [0.15, 0.2) is 0 Å². The van der Waals surface area contributed by atoms with Gasteiger partial charge in [0.25, 0.3) is 0 Å². The van der Waals surface area contributed by atoms with Crippen molar-refractivity contribution >= 4 is 43.6 Å². The molecule has 0 fully saturated rings. The maximum absolute atomic E-state index is 5.00. The van der Waals surface area contributed by atoms with Crippen molar-refractivity contribution in [3.8, 4) is 45.0 Å². The number of pyridine rings is 4. The van der Waals surface area contributed by atoms with Crippen molar-refractivity contribution in [1.29, 1.82) is 0 Å². The molecular formula is C50H36N6. The minimum atomic E-state index is 0.964. The van der Waals surface area contributed by atoms with Gasteiger partial charge in [-0.25, -0.2) is 9.97 Å². The van der Waals surface area contributed by atoms with E-state index in [2.05, 4.69) is 130 Å². The van der Waals surface area contributed by atoms with Crippen LogP contribution in [0.3, 0.4) is 0 Å². The maximum atomic E-state index is 5.00. The minimum absolute atomic E-state index is 0.964. The van der Waals surface area contributed by atoms with Crippen LogP contribution in [0.5, 0.6) is 0 Å². The maximum Gasteiger partial charge on any atom is 0.137 e. The Morgan fingerprint density at radius 3 is 1.29 bits per heavy atom. The van der Waals surface area contributed by atoms with Gasteiger partial charge in [-0.15, -0.1) is 0 Å². The molecule has 0 radical (unpaired) electrons. The molecule has 0 bridgehead atoms. The topological polar surface area (TPSA) is 61.4 Å². The van der Waals surface area contributed by atoms with E-state index in [1.54, 1.807) is 0 Å². The molecule has 12 rings (SSSR count). The van der Waals surface area contributed by atoms with E-state index >= 15 is 0 Å². The molecule has 6 nitrogen and oxygen atoms in total. The lowest BCUT2D eigenvalue weighted by Crippen LogP contribution is -2.16. The molecule has 0 unspecified atom stereocenters. The molecule has 2 aliphatic carbocycles. The summed E-state index contributed by atoms with van der Waals surface area (Å²) in [6.45, 7) is 4.31. The number of aromatic nitrogens is 6. The fourth-order valence-electron chi connectivity index (χ4n) is 9.87. The third-order valence-electron chi connectivity index (χ3n) is 12.3. The summed E-state index contributed by atoms with van der Waals surface area (Å²) in [5.74, 6) is 1.93. The quantitative estimate of drug-likeness (QED) is 0.182. The van der Waals surface area contributed by atoms with E-state index in [4.69, 9.17) is 9.97 Å². The van der Waals surface area contributed by atoms with Gasteiger partial charge in [-0.1, -0.05) is 12.1 Å². The summed E-state index contributed by atoms with van der Waals surface area (Å²) >= 11 is 0. The van der Waals surface area contributed by atoms with Gasteiger partial charge >= 0.3 is 0 Å². The first-order valence-corrected chi connectivity index (χ1v) is 19.5. The highest BCUT2D eigenvalue weighted by Gasteiger charge is 2.33. The zero-order valence-corrected chi connectivity index (χ0v) is 31.2. The predicted octanol–water partition coefficient (Wildman–Crippen LogP) is 11.3. The molecule has 2 aliphatic rings. The van der Waals surface area contributed by atoms with Crippen molar-refractivity contribution in [2.24, 2.45) is 0 Å². The molecule has 10 aromatic rings. The second kappa shape index (κ2) is 11.8. The Bertz CT molecular complexity index is 3040. The van der Waals surface area contributed by atoms with Crippen molar-refractivity contribution in [3.63, 3.8) is 0 Å². The summed E-state index contributed by atoms with van der Waals surface area (Å²) in [5.41, 5.74) is 20.7. The van der Waals surface area contributed by atoms with Crippen LogP contribution >= 0.6 is 0 Å². The van der Waals surface area contributed by atoms with Crippen molar-refractivity contribution < 1.29 is 0 Å². The molecule has 0 aliphatic heterocycles. The van der Waals surface area contributed by atoms with E-state index in [0.29, 0.717) is 0 Å². The Morgan fingerprint density at radius 2 is 0.857 bits per heavy atom. The normalized spacial score (nSPS) is 13.2. The average Bonchev–Trinajstić information content (AvgIpc) is 3.75. The van der Waals surface area contributed by atoms with Crippen LogP contribution in [-0.4, -0.2) is 29.1 Å². The van der Waals surface area contributed by atoms with Gasteiger partial charge in [0.05, 0.1) is 22.1 Å². The lowest BCUT2D eigenvalue weighted by atomic mass is 9.74. The molecule has 0 saturated carbocycles. The molecule has 0 spiro atoms. The fraction of sp³-hybridized carbons (Fsp3) is 0.120. The monoisotopic (exact) mass is 720 g/mol. The Morgan fingerprint density at radius 1 is 0.411 bits per heavy atom. The lowest BCUT2D eigenvalue weighted by Gasteiger charge is -2.31. The summed E-state index contributed by atoms with van der Waals surface area (Å²) in [5, 5.41) is 5.14. The van der Waals surface area contributed by atoms with E-state index in [1.807, 2.05) is 37.2 Å². The number of fused-ring (bicyclic) bond motifs is 8. The number of rotatable bonds is 4. The molecule has 266 valence electrons. The second-order valence-corrected chi connectivity index (χ2v) is 15.6. The Kier molecular flexibility index (Phi) is 6.62. The van der Waals surface area contributed by atoms with Crippen molar-refractivity contribution in [2.45, 2.75) is 39.5 Å². The van der Waals surface area contributed by atoms with Crippen LogP contribution in [0, 0.1) is 13.8 Å². The van der Waals surface area contributed by atoms with Crippen molar-refractivity contribution in [1.82, 2.24) is 29.1 Å². The van der Waals surface area contributed by atoms with E-state index in [0.717, 1.165) is 37.3 Å². The molecular weight excluding hydrogens is 685 g/mol. The van der Waals surface area contributed by atoms with E-state index < -0.39 is 0 Å². The highest BCUT2D eigenvalue weighted by atomic mass is 15.1. The van der Waals surface area contributed by atoms with Crippen LogP contribution in [0.15, 0.2) is 134 Å². The number of aryl methyl sites for hydroxylation is 6. The van der Waals surface area contributed by atoms with Gasteiger partial charge in [-0.3, -0.25) is 19.1 Å². The molecule has 6 aromatic heterocycles. The number of nitrogens with zero attached hydrogens (tertiary/aromatic N) is 6. The summed E-state index contributed by atoms with van der Waals surface area (Å²) in [7, 11) is 0. The van der Waals surface area contributed by atoms with Crippen LogP contribution in [0.25, 0.3) is 88.6 Å². The van der Waals surface area contributed by atoms with Crippen LogP contribution in [-0.2, 0) is 25.7 Å². The fourth-order valence-corrected chi connectivity index (χ4v) is 9.87. The molecule has 6 heteroatoms. The Balaban J connectivity index is 1.18. The highest BCUT2D eigenvalue weighted by Crippen LogP contribution is 2.51. The van der Waals surface area contributed by atoms with E-state index in [9.17, 15) is 0 Å². The molecule has 0 saturated heterocycles. The second-order valence-electron chi connectivity index (χ2n) is 15.6. The van der Waals surface area contributed by atoms with Crippen LogP contribution in [0.1, 0.15) is 33.4 Å². The van der Waals surface area contributed by atoms with Gasteiger partial charge in [0.1, 0.15) is 11.6 Å². The van der Waals surface area contributed by atoms with Gasteiger partial charge < -0.3 is 0 Å². The first kappa shape index (κ1) is 31.4. The van der Waals surface area contributed by atoms with E-state index in [1.165, 1.54) is 110 Å². The molecule has 0 N–H and O–H groups in total. The third kappa shape index (κ3) is 4.50. The summed E-state index contributed by atoms with van der Waals surface area (Å²) in [6, 6.07) is 35.9. The average molecular weight is 721 g/mol. The smallest absolute Gasteiger partial charge is 0.137 e. The predicted molar refractivity (Wildman–Crippen MR) is 227 cm³/mol. The molecule has 0 amide bonds. The molecule has 56 heavy (non-hydrogen) atoms. The SMILES string of the molecule is Cc1ccnc(-n2c3ccc(-c4ccncc4)cc3c3cc4c5c(c32)CCc2cc3c6cc(-c7ccncc7)ccc6n(-c6cc(C)ccn6)c3c(c2-5)CC4)c1. The van der Waals surface area contributed by atoms with Gasteiger partial charge in [-0.05, 0) is 191 Å². The van der Waals surface area contributed by atoms with E-state index in [-0.39, 0.29) is 0 Å². The summed E-state index contributed by atoms with van der Waals surface area (Å²) < 4.78 is 4.88. The summed E-state index contributed by atoms with van der Waals surface area (Å²) in [6.07, 6.45) is 15.3. The number of benzene rings is 4. The zero-order chi connectivity index (χ0) is 37.1. The lowest BCUT2D eigenvalue weighted by molar-refractivity contribution is 0.881. The van der Waals surface area contributed by atoms with Gasteiger partial charge in [0, 0.05) is 58.7 Å². The highest BCUT2D eigenvalue weighted by molar-refractivity contribution is 6.16. The van der Waals surface area contributed by atoms with Gasteiger partial charge in [-0.2, -0.15) is 0 Å². The molecule has 4 aromatic carbocycles. The van der Waals surface area contributed by atoms with Crippen molar-refractivity contribution in [2.75, 3.05) is 0 Å². The Hall–Kier alpha value is -6.92. The first-order chi connectivity index (χ1) is 27.6. The molecule has 0 atom stereocenters. The number of hydrogen-bond donors (Lipinski definition) is 0. The molecule has 6 heterocycles.